The summed E-state index contributed by atoms with van der Waals surface area (Å²) in [5, 5.41) is 9.81. The molecule has 1 aromatic heterocycles. The van der Waals surface area contributed by atoms with E-state index < -0.39 is 0 Å². The van der Waals surface area contributed by atoms with Crippen molar-refractivity contribution in [2.75, 3.05) is 49.6 Å². The number of nitrogens with zero attached hydrogens (tertiary/aromatic N) is 2. The third-order valence-electron chi connectivity index (χ3n) is 7.03. The number of pyridine rings is 1. The second-order valence-corrected chi connectivity index (χ2v) is 9.54. The molecule has 8 heteroatoms. The molecular formula is C28H31N5O3. The van der Waals surface area contributed by atoms with Crippen LogP contribution in [0, 0.1) is 0 Å². The number of hydrogen-bond donors (Lipinski definition) is 3. The van der Waals surface area contributed by atoms with Crippen molar-refractivity contribution in [3.8, 4) is 11.5 Å². The van der Waals surface area contributed by atoms with Gasteiger partial charge in [0.2, 0.25) is 0 Å². The van der Waals surface area contributed by atoms with Crippen LogP contribution in [0.2, 0.25) is 0 Å². The van der Waals surface area contributed by atoms with Crippen molar-refractivity contribution in [1.82, 2.24) is 15.6 Å². The van der Waals surface area contributed by atoms with E-state index in [9.17, 15) is 4.79 Å². The number of aromatic nitrogens is 1. The molecule has 1 saturated heterocycles. The normalized spacial score (nSPS) is 18.4. The number of ether oxygens (including phenoxy) is 2. The maximum Gasteiger partial charge on any atom is 0.253 e. The highest BCUT2D eigenvalue weighted by atomic mass is 16.5. The van der Waals surface area contributed by atoms with Gasteiger partial charge in [-0.25, -0.2) is 4.98 Å². The second kappa shape index (κ2) is 10.1. The maximum absolute atomic E-state index is 12.8. The smallest absolute Gasteiger partial charge is 0.253 e. The van der Waals surface area contributed by atoms with E-state index in [0.717, 1.165) is 68.5 Å². The van der Waals surface area contributed by atoms with Gasteiger partial charge in [-0.3, -0.25) is 4.79 Å². The number of fused-ring (bicyclic) bond motifs is 2. The summed E-state index contributed by atoms with van der Waals surface area (Å²) in [6.07, 6.45) is 3.33. The van der Waals surface area contributed by atoms with Crippen molar-refractivity contribution >= 4 is 17.4 Å². The van der Waals surface area contributed by atoms with Gasteiger partial charge in [-0.2, -0.15) is 0 Å². The molecule has 0 spiro atoms. The van der Waals surface area contributed by atoms with Gasteiger partial charge >= 0.3 is 0 Å². The van der Waals surface area contributed by atoms with E-state index in [1.165, 1.54) is 16.8 Å². The molecule has 186 valence electrons. The number of rotatable bonds is 6. The minimum atomic E-state index is -0.137. The fraction of sp³-hybridized carbons (Fsp3) is 0.357. The number of hydrogen-bond acceptors (Lipinski definition) is 7. The quantitative estimate of drug-likeness (QED) is 0.495. The molecule has 3 aliphatic rings. The molecule has 6 rings (SSSR count). The van der Waals surface area contributed by atoms with Crippen molar-refractivity contribution < 1.29 is 14.3 Å². The number of carbonyl (C=O) groups is 1. The maximum atomic E-state index is 12.8. The van der Waals surface area contributed by atoms with Gasteiger partial charge < -0.3 is 30.3 Å². The number of nitrogens with one attached hydrogen (secondary N) is 3. The summed E-state index contributed by atoms with van der Waals surface area (Å²) in [6.45, 7) is 5.90. The van der Waals surface area contributed by atoms with Crippen LogP contribution in [-0.4, -0.2) is 56.3 Å². The van der Waals surface area contributed by atoms with Crippen LogP contribution >= 0.6 is 0 Å². The van der Waals surface area contributed by atoms with E-state index >= 15 is 0 Å². The molecule has 36 heavy (non-hydrogen) atoms. The first-order valence-electron chi connectivity index (χ1n) is 12.7. The molecule has 3 N–H and O–H groups in total. The molecule has 1 fully saturated rings. The Kier molecular flexibility index (Phi) is 6.34. The number of carbonyl (C=O) groups excluding carboxylic acids is 1. The van der Waals surface area contributed by atoms with E-state index in [2.05, 4.69) is 56.2 Å². The lowest BCUT2D eigenvalue weighted by atomic mass is 10.0. The zero-order valence-corrected chi connectivity index (χ0v) is 20.3. The molecule has 0 aliphatic carbocycles. The number of benzene rings is 2. The molecule has 0 saturated carbocycles. The summed E-state index contributed by atoms with van der Waals surface area (Å²) < 4.78 is 11.6. The summed E-state index contributed by atoms with van der Waals surface area (Å²) in [5.74, 6) is 2.50. The molecule has 2 aromatic carbocycles. The molecule has 4 heterocycles. The first-order valence-corrected chi connectivity index (χ1v) is 12.7. The highest BCUT2D eigenvalue weighted by Gasteiger charge is 2.23. The van der Waals surface area contributed by atoms with Gasteiger partial charge in [-0.05, 0) is 47.4 Å². The summed E-state index contributed by atoms with van der Waals surface area (Å²) >= 11 is 0. The van der Waals surface area contributed by atoms with Gasteiger partial charge in [0.1, 0.15) is 23.9 Å². The SMILES string of the molecule is O=C(N[C@H]1COc2cc(N3CCNCC3)ccc2C1)c1ccc(NCc2ccc3c(c2)CCO3)nc1. The topological polar surface area (TPSA) is 87.8 Å². The first-order chi connectivity index (χ1) is 17.7. The lowest BCUT2D eigenvalue weighted by Crippen LogP contribution is -2.44. The lowest BCUT2D eigenvalue weighted by molar-refractivity contribution is 0.0915. The van der Waals surface area contributed by atoms with Gasteiger partial charge in [-0.15, -0.1) is 0 Å². The summed E-state index contributed by atoms with van der Waals surface area (Å²) in [6, 6.07) is 16.3. The predicted molar refractivity (Wildman–Crippen MR) is 139 cm³/mol. The van der Waals surface area contributed by atoms with Crippen LogP contribution in [0.1, 0.15) is 27.0 Å². The minimum absolute atomic E-state index is 0.0726. The van der Waals surface area contributed by atoms with E-state index in [1.807, 2.05) is 12.1 Å². The Bertz CT molecular complexity index is 1240. The molecular weight excluding hydrogens is 454 g/mol. The van der Waals surface area contributed by atoms with Crippen LogP contribution in [-0.2, 0) is 19.4 Å². The van der Waals surface area contributed by atoms with Gasteiger partial charge in [0.05, 0.1) is 18.2 Å². The monoisotopic (exact) mass is 485 g/mol. The predicted octanol–water partition coefficient (Wildman–Crippen LogP) is 2.77. The highest BCUT2D eigenvalue weighted by Crippen LogP contribution is 2.30. The van der Waals surface area contributed by atoms with Crippen molar-refractivity contribution in [3.05, 3.63) is 77.0 Å². The van der Waals surface area contributed by atoms with Crippen LogP contribution in [0.25, 0.3) is 0 Å². The Morgan fingerprint density at radius 2 is 1.94 bits per heavy atom. The standard InChI is InChI=1S/C28H31N5O3/c34-28(22-3-6-27(31-17-22)30-16-19-1-5-25-21(13-19)7-12-35-25)32-23-14-20-2-4-24(15-26(20)36-18-23)33-10-8-29-9-11-33/h1-6,13,15,17,23,29H,7-12,14,16,18H2,(H,30,31)(H,32,34)/t23-/m1/s1. The van der Waals surface area contributed by atoms with Crippen LogP contribution in [0.15, 0.2) is 54.7 Å². The third kappa shape index (κ3) is 4.95. The molecule has 1 amide bonds. The van der Waals surface area contributed by atoms with Gasteiger partial charge in [0, 0.05) is 57.1 Å². The molecule has 3 aromatic rings. The lowest BCUT2D eigenvalue weighted by Gasteiger charge is -2.31. The average molecular weight is 486 g/mol. The average Bonchev–Trinajstić information content (AvgIpc) is 3.40. The van der Waals surface area contributed by atoms with Crippen LogP contribution < -0.4 is 30.3 Å². The van der Waals surface area contributed by atoms with Crippen LogP contribution in [0.4, 0.5) is 11.5 Å². The Labute approximate surface area is 211 Å². The highest BCUT2D eigenvalue weighted by molar-refractivity contribution is 5.94. The van der Waals surface area contributed by atoms with E-state index in [4.69, 9.17) is 9.47 Å². The van der Waals surface area contributed by atoms with Crippen molar-refractivity contribution in [2.24, 2.45) is 0 Å². The van der Waals surface area contributed by atoms with Crippen molar-refractivity contribution in [2.45, 2.75) is 25.4 Å². The van der Waals surface area contributed by atoms with E-state index in [1.54, 1.807) is 12.3 Å². The zero-order valence-electron chi connectivity index (χ0n) is 20.3. The molecule has 3 aliphatic heterocycles. The molecule has 0 unspecified atom stereocenters. The van der Waals surface area contributed by atoms with Gasteiger partial charge in [0.25, 0.3) is 5.91 Å². The summed E-state index contributed by atoms with van der Waals surface area (Å²) in [5.41, 5.74) is 5.29. The van der Waals surface area contributed by atoms with Crippen LogP contribution in [0.3, 0.4) is 0 Å². The largest absolute Gasteiger partial charge is 0.493 e. The molecule has 8 nitrogen and oxygen atoms in total. The Balaban J connectivity index is 1.02. The molecule has 1 atom stereocenters. The summed E-state index contributed by atoms with van der Waals surface area (Å²) in [4.78, 5) is 19.6. The fourth-order valence-electron chi connectivity index (χ4n) is 5.02. The summed E-state index contributed by atoms with van der Waals surface area (Å²) in [7, 11) is 0. The number of amides is 1. The van der Waals surface area contributed by atoms with Gasteiger partial charge in [0.15, 0.2) is 0 Å². The Morgan fingerprint density at radius 1 is 1.03 bits per heavy atom. The number of anilines is 2. The Morgan fingerprint density at radius 3 is 2.81 bits per heavy atom. The van der Waals surface area contributed by atoms with Gasteiger partial charge in [-0.1, -0.05) is 18.2 Å². The zero-order chi connectivity index (χ0) is 24.3. The Hall–Kier alpha value is -3.78. The first kappa shape index (κ1) is 22.7. The molecule has 0 bridgehead atoms. The van der Waals surface area contributed by atoms with E-state index in [0.29, 0.717) is 18.7 Å². The fourth-order valence-corrected chi connectivity index (χ4v) is 5.02. The number of piperazine rings is 1. The van der Waals surface area contributed by atoms with Crippen LogP contribution in [0.5, 0.6) is 11.5 Å². The van der Waals surface area contributed by atoms with Crippen molar-refractivity contribution in [3.63, 3.8) is 0 Å². The minimum Gasteiger partial charge on any atom is -0.493 e. The second-order valence-electron chi connectivity index (χ2n) is 9.54. The molecule has 0 radical (unpaired) electrons. The van der Waals surface area contributed by atoms with Crippen molar-refractivity contribution in [1.29, 1.82) is 0 Å². The third-order valence-corrected chi connectivity index (χ3v) is 7.03. The van der Waals surface area contributed by atoms with E-state index in [-0.39, 0.29) is 11.9 Å².